The number of thiazole rings is 1. The van der Waals surface area contributed by atoms with Gasteiger partial charge in [-0.3, -0.25) is 14.7 Å². The monoisotopic (exact) mass is 417 g/mol. The molecule has 0 bridgehead atoms. The van der Waals surface area contributed by atoms with E-state index < -0.39 is 29.2 Å². The Morgan fingerprint density at radius 3 is 2.48 bits per heavy atom. The fraction of sp³-hybridized carbons (Fsp3) is 0.0500. The van der Waals surface area contributed by atoms with Crippen LogP contribution in [-0.2, 0) is 6.54 Å². The summed E-state index contributed by atoms with van der Waals surface area (Å²) >= 11 is 0.875. The number of nitrogens with zero attached hydrogens (tertiary/aromatic N) is 3. The SMILES string of the molecule is O=C(c1ccc(F)cc1F)N(Cc1ccccn1)c1nc2c(F)cc(F)cc2s1. The summed E-state index contributed by atoms with van der Waals surface area (Å²) in [7, 11) is 0. The Labute approximate surface area is 166 Å². The third-order valence-electron chi connectivity index (χ3n) is 4.09. The molecule has 0 radical (unpaired) electrons. The lowest BCUT2D eigenvalue weighted by Crippen LogP contribution is -2.31. The summed E-state index contributed by atoms with van der Waals surface area (Å²) in [5, 5.41) is 0.0314. The van der Waals surface area contributed by atoms with E-state index in [0.717, 1.165) is 34.4 Å². The molecule has 0 fully saturated rings. The molecule has 4 aromatic rings. The molecule has 9 heteroatoms. The summed E-state index contributed by atoms with van der Waals surface area (Å²) in [6.07, 6.45) is 1.52. The van der Waals surface area contributed by atoms with Gasteiger partial charge in [-0.25, -0.2) is 22.5 Å². The molecule has 0 aliphatic rings. The van der Waals surface area contributed by atoms with E-state index in [0.29, 0.717) is 17.8 Å². The normalized spacial score (nSPS) is 11.0. The molecule has 0 saturated carbocycles. The topological polar surface area (TPSA) is 46.1 Å². The molecule has 0 saturated heterocycles. The second kappa shape index (κ2) is 7.59. The van der Waals surface area contributed by atoms with Crippen molar-refractivity contribution in [3.05, 3.63) is 89.3 Å². The van der Waals surface area contributed by atoms with E-state index in [1.54, 1.807) is 18.2 Å². The van der Waals surface area contributed by atoms with Gasteiger partial charge in [-0.2, -0.15) is 0 Å². The fourth-order valence-corrected chi connectivity index (χ4v) is 3.75. The maximum atomic E-state index is 14.2. The zero-order valence-electron chi connectivity index (χ0n) is 14.6. The Bertz CT molecular complexity index is 1210. The third-order valence-corrected chi connectivity index (χ3v) is 5.11. The molecular weight excluding hydrogens is 406 g/mol. The van der Waals surface area contributed by atoms with Crippen molar-refractivity contribution in [1.82, 2.24) is 9.97 Å². The Balaban J connectivity index is 1.82. The van der Waals surface area contributed by atoms with Crippen LogP contribution in [0.1, 0.15) is 16.1 Å². The molecule has 0 N–H and O–H groups in total. The molecule has 0 spiro atoms. The van der Waals surface area contributed by atoms with E-state index in [9.17, 15) is 22.4 Å². The minimum Gasteiger partial charge on any atom is -0.278 e. The first kappa shape index (κ1) is 19.0. The van der Waals surface area contributed by atoms with Crippen LogP contribution in [0.5, 0.6) is 0 Å². The largest absolute Gasteiger partial charge is 0.278 e. The van der Waals surface area contributed by atoms with Gasteiger partial charge < -0.3 is 0 Å². The van der Waals surface area contributed by atoms with Gasteiger partial charge in [0.25, 0.3) is 5.91 Å². The lowest BCUT2D eigenvalue weighted by Gasteiger charge is -2.20. The second-order valence-electron chi connectivity index (χ2n) is 6.07. The van der Waals surface area contributed by atoms with Crippen molar-refractivity contribution in [2.45, 2.75) is 6.54 Å². The fourth-order valence-electron chi connectivity index (χ4n) is 2.75. The molecule has 0 aliphatic carbocycles. The van der Waals surface area contributed by atoms with Crippen LogP contribution in [-0.4, -0.2) is 15.9 Å². The van der Waals surface area contributed by atoms with E-state index in [1.807, 2.05) is 0 Å². The van der Waals surface area contributed by atoms with Crippen molar-refractivity contribution in [2.75, 3.05) is 4.90 Å². The maximum Gasteiger partial charge on any atom is 0.263 e. The average Bonchev–Trinajstić information content (AvgIpc) is 3.10. The third kappa shape index (κ3) is 3.81. The zero-order valence-corrected chi connectivity index (χ0v) is 15.4. The number of fused-ring (bicyclic) bond motifs is 1. The van der Waals surface area contributed by atoms with Crippen molar-refractivity contribution < 1.29 is 22.4 Å². The predicted molar refractivity (Wildman–Crippen MR) is 101 cm³/mol. The summed E-state index contributed by atoms with van der Waals surface area (Å²) in [4.78, 5) is 22.4. The minimum absolute atomic E-state index is 0.0314. The van der Waals surface area contributed by atoms with Gasteiger partial charge in [0.15, 0.2) is 10.9 Å². The molecule has 2 heterocycles. The van der Waals surface area contributed by atoms with E-state index in [-0.39, 0.29) is 27.5 Å². The number of aromatic nitrogens is 2. The Morgan fingerprint density at radius 1 is 0.966 bits per heavy atom. The average molecular weight is 417 g/mol. The van der Waals surface area contributed by atoms with Crippen LogP contribution < -0.4 is 4.90 Å². The first-order chi connectivity index (χ1) is 13.9. The van der Waals surface area contributed by atoms with Crippen LogP contribution in [0.15, 0.2) is 54.7 Å². The summed E-state index contributed by atoms with van der Waals surface area (Å²) in [6, 6.07) is 9.41. The molecule has 4 rings (SSSR count). The summed E-state index contributed by atoms with van der Waals surface area (Å²) in [6.45, 7) is -0.0968. The van der Waals surface area contributed by atoms with Gasteiger partial charge in [-0.05, 0) is 30.3 Å². The van der Waals surface area contributed by atoms with E-state index in [2.05, 4.69) is 9.97 Å². The van der Waals surface area contributed by atoms with Gasteiger partial charge >= 0.3 is 0 Å². The lowest BCUT2D eigenvalue weighted by molar-refractivity contribution is 0.0981. The van der Waals surface area contributed by atoms with E-state index in [4.69, 9.17) is 0 Å². The molecular formula is C20H11F4N3OS. The molecule has 0 atom stereocenters. The highest BCUT2D eigenvalue weighted by molar-refractivity contribution is 7.22. The van der Waals surface area contributed by atoms with Crippen LogP contribution in [0, 0.1) is 23.3 Å². The highest BCUT2D eigenvalue weighted by atomic mass is 32.1. The Hall–Kier alpha value is -3.33. The molecule has 1 amide bonds. The Morgan fingerprint density at radius 2 is 1.76 bits per heavy atom. The molecule has 4 nitrogen and oxygen atoms in total. The van der Waals surface area contributed by atoms with Crippen LogP contribution >= 0.6 is 11.3 Å². The van der Waals surface area contributed by atoms with Gasteiger partial charge in [-0.15, -0.1) is 0 Å². The summed E-state index contributed by atoms with van der Waals surface area (Å²) < 4.78 is 55.2. The molecule has 2 aromatic heterocycles. The van der Waals surface area contributed by atoms with Crippen molar-refractivity contribution in [3.8, 4) is 0 Å². The number of pyridine rings is 1. The number of anilines is 1. The van der Waals surface area contributed by atoms with Crippen molar-refractivity contribution >= 4 is 32.6 Å². The van der Waals surface area contributed by atoms with Gasteiger partial charge in [0.05, 0.1) is 22.5 Å². The minimum atomic E-state index is -1.04. The standard InChI is InChI=1S/C20H11F4N3OS/c21-11-4-5-14(15(23)7-11)19(28)27(10-13-3-1-2-6-25-13)20-26-18-16(24)8-12(22)9-17(18)29-20/h1-9H,10H2. The molecule has 0 unspecified atom stereocenters. The summed E-state index contributed by atoms with van der Waals surface area (Å²) in [5.74, 6) is -4.33. The van der Waals surface area contributed by atoms with Crippen molar-refractivity contribution in [3.63, 3.8) is 0 Å². The smallest absolute Gasteiger partial charge is 0.263 e. The molecule has 29 heavy (non-hydrogen) atoms. The highest BCUT2D eigenvalue weighted by Crippen LogP contribution is 2.33. The van der Waals surface area contributed by atoms with Gasteiger partial charge in [0.1, 0.15) is 23.0 Å². The van der Waals surface area contributed by atoms with Crippen LogP contribution in [0.3, 0.4) is 0 Å². The van der Waals surface area contributed by atoms with Gasteiger partial charge in [0, 0.05) is 18.3 Å². The molecule has 146 valence electrons. The first-order valence-corrected chi connectivity index (χ1v) is 9.16. The quantitative estimate of drug-likeness (QED) is 0.435. The van der Waals surface area contributed by atoms with Crippen LogP contribution in [0.2, 0.25) is 0 Å². The number of carbonyl (C=O) groups is 1. The maximum absolute atomic E-state index is 14.2. The van der Waals surface area contributed by atoms with E-state index in [1.165, 1.54) is 6.20 Å². The molecule has 2 aromatic carbocycles. The van der Waals surface area contributed by atoms with Crippen molar-refractivity contribution in [2.24, 2.45) is 0 Å². The zero-order chi connectivity index (χ0) is 20.5. The van der Waals surface area contributed by atoms with E-state index >= 15 is 0 Å². The number of carbonyl (C=O) groups excluding carboxylic acids is 1. The highest BCUT2D eigenvalue weighted by Gasteiger charge is 2.25. The number of rotatable bonds is 4. The predicted octanol–water partition coefficient (Wildman–Crippen LogP) is 5.09. The van der Waals surface area contributed by atoms with Gasteiger partial charge in [0.2, 0.25) is 0 Å². The first-order valence-electron chi connectivity index (χ1n) is 8.35. The number of benzene rings is 2. The number of halogens is 4. The lowest BCUT2D eigenvalue weighted by atomic mass is 10.1. The number of hydrogen-bond acceptors (Lipinski definition) is 4. The van der Waals surface area contributed by atoms with Crippen LogP contribution in [0.4, 0.5) is 22.7 Å². The summed E-state index contributed by atoms with van der Waals surface area (Å²) in [5.41, 5.74) is -0.0210. The van der Waals surface area contributed by atoms with Crippen LogP contribution in [0.25, 0.3) is 10.2 Å². The number of amides is 1. The molecule has 0 aliphatic heterocycles. The second-order valence-corrected chi connectivity index (χ2v) is 7.08. The van der Waals surface area contributed by atoms with Crippen molar-refractivity contribution in [1.29, 1.82) is 0 Å². The Kier molecular flexibility index (Phi) is 4.98. The number of hydrogen-bond donors (Lipinski definition) is 0. The van der Waals surface area contributed by atoms with Gasteiger partial charge in [-0.1, -0.05) is 17.4 Å².